The molecule has 0 saturated heterocycles. The molecule has 0 N–H and O–H groups in total. The van der Waals surface area contributed by atoms with Crippen molar-refractivity contribution in [2.45, 2.75) is 316 Å². The Labute approximate surface area is 355 Å². The minimum atomic E-state index is 0.0305. The normalized spacial score (nSPS) is 11.8. The molecule has 0 saturated carbocycles. The van der Waals surface area contributed by atoms with Gasteiger partial charge in [-0.1, -0.05) is 283 Å². The lowest BCUT2D eigenvalue weighted by Gasteiger charge is -2.06. The van der Waals surface area contributed by atoms with Crippen LogP contribution in [-0.2, 0) is 9.53 Å². The number of unbranched alkanes of at least 4 members (excludes halogenated alkanes) is 41. The molecule has 0 bridgehead atoms. The van der Waals surface area contributed by atoms with Gasteiger partial charge in [0.15, 0.2) is 0 Å². The van der Waals surface area contributed by atoms with Crippen LogP contribution in [0.4, 0.5) is 0 Å². The van der Waals surface area contributed by atoms with Gasteiger partial charge in [-0.2, -0.15) is 0 Å². The van der Waals surface area contributed by atoms with E-state index in [0.717, 1.165) is 18.8 Å². The van der Waals surface area contributed by atoms with Gasteiger partial charge in [0.2, 0.25) is 0 Å². The molecular weight excluding hydrogens is 681 g/mol. The fourth-order valence-corrected chi connectivity index (χ4v) is 8.38. The summed E-state index contributed by atoms with van der Waals surface area (Å²) in [5.74, 6) is 0.917. The highest BCUT2D eigenvalue weighted by Crippen LogP contribution is 2.18. The Morgan fingerprint density at radius 3 is 0.946 bits per heavy atom. The van der Waals surface area contributed by atoms with Gasteiger partial charge in [-0.3, -0.25) is 4.79 Å². The summed E-state index contributed by atoms with van der Waals surface area (Å²) in [4.78, 5) is 12.1. The molecule has 2 heteroatoms. The quantitative estimate of drug-likeness (QED) is 0.0349. The van der Waals surface area contributed by atoms with Crippen LogP contribution in [0, 0.1) is 5.92 Å². The number of rotatable bonds is 49. The van der Waals surface area contributed by atoms with Crippen LogP contribution in [0.2, 0.25) is 0 Å². The smallest absolute Gasteiger partial charge is 0.305 e. The maximum atomic E-state index is 12.1. The van der Waals surface area contributed by atoms with Gasteiger partial charge >= 0.3 is 5.97 Å². The zero-order valence-corrected chi connectivity index (χ0v) is 39.3. The highest BCUT2D eigenvalue weighted by atomic mass is 16.5. The summed E-state index contributed by atoms with van der Waals surface area (Å²) in [5.41, 5.74) is 0. The van der Waals surface area contributed by atoms with Crippen LogP contribution in [-0.4, -0.2) is 12.6 Å². The van der Waals surface area contributed by atoms with Gasteiger partial charge < -0.3 is 4.74 Å². The number of allylic oxidation sites excluding steroid dienone is 2. The van der Waals surface area contributed by atoms with E-state index in [1.54, 1.807) is 0 Å². The first-order valence-corrected chi connectivity index (χ1v) is 26.5. The van der Waals surface area contributed by atoms with Crippen LogP contribution >= 0.6 is 0 Å². The average molecular weight is 787 g/mol. The number of hydrogen-bond donors (Lipinski definition) is 0. The second-order valence-electron chi connectivity index (χ2n) is 18.7. The van der Waals surface area contributed by atoms with Gasteiger partial charge in [0.05, 0.1) is 6.61 Å². The van der Waals surface area contributed by atoms with Crippen molar-refractivity contribution in [2.75, 3.05) is 6.61 Å². The molecule has 0 aliphatic heterocycles. The van der Waals surface area contributed by atoms with Gasteiger partial charge in [0, 0.05) is 6.42 Å². The minimum Gasteiger partial charge on any atom is -0.466 e. The van der Waals surface area contributed by atoms with Crippen LogP contribution < -0.4 is 0 Å². The van der Waals surface area contributed by atoms with Crippen molar-refractivity contribution in [3.8, 4) is 0 Å². The minimum absolute atomic E-state index is 0.0305. The molecule has 0 atom stereocenters. The molecule has 0 aliphatic carbocycles. The fraction of sp³-hybridized carbons (Fsp3) is 0.944. The summed E-state index contributed by atoms with van der Waals surface area (Å²) in [5, 5.41) is 0. The van der Waals surface area contributed by atoms with Gasteiger partial charge in [-0.15, -0.1) is 0 Å². The first-order valence-electron chi connectivity index (χ1n) is 26.5. The monoisotopic (exact) mass is 787 g/mol. The van der Waals surface area contributed by atoms with Gasteiger partial charge in [-0.25, -0.2) is 0 Å². The van der Waals surface area contributed by atoms with Crippen LogP contribution in [0.3, 0.4) is 0 Å². The van der Waals surface area contributed by atoms with Crippen molar-refractivity contribution in [1.82, 2.24) is 0 Å². The molecule has 0 aromatic carbocycles. The molecule has 0 spiro atoms. The lowest BCUT2D eigenvalue weighted by molar-refractivity contribution is -0.143. The molecule has 56 heavy (non-hydrogen) atoms. The molecular formula is C54H106O2. The highest BCUT2D eigenvalue weighted by molar-refractivity contribution is 5.69. The summed E-state index contributed by atoms with van der Waals surface area (Å²) in [6.45, 7) is 7.62. The summed E-state index contributed by atoms with van der Waals surface area (Å²) >= 11 is 0. The summed E-state index contributed by atoms with van der Waals surface area (Å²) in [6.07, 6.45) is 67.9. The highest BCUT2D eigenvalue weighted by Gasteiger charge is 2.03. The Morgan fingerprint density at radius 1 is 0.357 bits per heavy atom. The van der Waals surface area contributed by atoms with Crippen molar-refractivity contribution in [2.24, 2.45) is 5.92 Å². The van der Waals surface area contributed by atoms with E-state index >= 15 is 0 Å². The summed E-state index contributed by atoms with van der Waals surface area (Å²) < 4.78 is 5.50. The van der Waals surface area contributed by atoms with E-state index in [0.29, 0.717) is 13.0 Å². The van der Waals surface area contributed by atoms with Crippen LogP contribution in [0.5, 0.6) is 0 Å². The van der Waals surface area contributed by atoms with E-state index < -0.39 is 0 Å². The average Bonchev–Trinajstić information content (AvgIpc) is 3.19. The maximum Gasteiger partial charge on any atom is 0.305 e. The Balaban J connectivity index is 3.16. The molecule has 0 aromatic rings. The van der Waals surface area contributed by atoms with Gasteiger partial charge in [0.25, 0.3) is 0 Å². The third-order valence-electron chi connectivity index (χ3n) is 12.3. The molecule has 0 heterocycles. The lowest BCUT2D eigenvalue weighted by Crippen LogP contribution is -2.05. The molecule has 2 nitrogen and oxygen atoms in total. The second kappa shape index (κ2) is 50.4. The van der Waals surface area contributed by atoms with E-state index in [1.807, 2.05) is 0 Å². The summed E-state index contributed by atoms with van der Waals surface area (Å²) in [7, 11) is 0. The third kappa shape index (κ3) is 51.2. The molecule has 334 valence electrons. The molecule has 0 unspecified atom stereocenters. The number of carbonyl (C=O) groups excluding carboxylic acids is 1. The van der Waals surface area contributed by atoms with Crippen molar-refractivity contribution in [1.29, 1.82) is 0 Å². The fourth-order valence-electron chi connectivity index (χ4n) is 8.38. The van der Waals surface area contributed by atoms with Crippen molar-refractivity contribution >= 4 is 5.97 Å². The second-order valence-corrected chi connectivity index (χ2v) is 18.7. The SMILES string of the molecule is CCCCCCCCC=CCCCCCCCCCCCCCC(=O)OCCCCCCCCCCCCCCCCCCCCCCCCCCCC(C)C. The zero-order valence-electron chi connectivity index (χ0n) is 39.3. The van der Waals surface area contributed by atoms with E-state index in [4.69, 9.17) is 4.74 Å². The lowest BCUT2D eigenvalue weighted by atomic mass is 10.0. The summed E-state index contributed by atoms with van der Waals surface area (Å²) in [6, 6.07) is 0. The van der Waals surface area contributed by atoms with E-state index in [2.05, 4.69) is 32.9 Å². The Morgan fingerprint density at radius 2 is 0.625 bits per heavy atom. The number of hydrogen-bond acceptors (Lipinski definition) is 2. The number of carbonyl (C=O) groups is 1. The zero-order chi connectivity index (χ0) is 40.5. The van der Waals surface area contributed by atoms with Gasteiger partial charge in [0.1, 0.15) is 0 Å². The van der Waals surface area contributed by atoms with E-state index in [9.17, 15) is 4.79 Å². The maximum absolute atomic E-state index is 12.1. The van der Waals surface area contributed by atoms with Crippen LogP contribution in [0.25, 0.3) is 0 Å². The van der Waals surface area contributed by atoms with Crippen LogP contribution in [0.15, 0.2) is 12.2 Å². The standard InChI is InChI=1S/C54H106O2/c1-4-5-6-7-8-9-10-11-12-13-14-20-24-27-30-33-36-39-42-45-48-51-54(55)56-52-49-46-43-40-37-34-31-28-25-22-19-17-15-16-18-21-23-26-29-32-35-38-41-44-47-50-53(2)3/h11-12,53H,4-10,13-52H2,1-3H3. The number of ether oxygens (including phenoxy) is 1. The third-order valence-corrected chi connectivity index (χ3v) is 12.3. The Bertz CT molecular complexity index is 741. The molecule has 0 amide bonds. The largest absolute Gasteiger partial charge is 0.466 e. The molecule has 0 radical (unpaired) electrons. The topological polar surface area (TPSA) is 26.3 Å². The predicted molar refractivity (Wildman–Crippen MR) is 253 cm³/mol. The first kappa shape index (κ1) is 55.2. The van der Waals surface area contributed by atoms with Crippen molar-refractivity contribution < 1.29 is 9.53 Å². The molecule has 0 aliphatic rings. The predicted octanol–water partition coefficient (Wildman–Crippen LogP) is 19.7. The van der Waals surface area contributed by atoms with Crippen molar-refractivity contribution in [3.63, 3.8) is 0 Å². The molecule has 0 aromatic heterocycles. The van der Waals surface area contributed by atoms with E-state index in [-0.39, 0.29) is 5.97 Å². The molecule has 0 rings (SSSR count). The molecule has 0 fully saturated rings. The Hall–Kier alpha value is -0.790. The van der Waals surface area contributed by atoms with Crippen molar-refractivity contribution in [3.05, 3.63) is 12.2 Å². The Kier molecular flexibility index (Phi) is 49.6. The van der Waals surface area contributed by atoms with Gasteiger partial charge in [-0.05, 0) is 44.4 Å². The van der Waals surface area contributed by atoms with E-state index in [1.165, 1.54) is 276 Å². The number of esters is 1. The van der Waals surface area contributed by atoms with Crippen LogP contribution in [0.1, 0.15) is 316 Å². The first-order chi connectivity index (χ1) is 27.7.